The molecule has 0 aliphatic heterocycles. The van der Waals surface area contributed by atoms with Crippen LogP contribution in [0, 0.1) is 6.92 Å². The van der Waals surface area contributed by atoms with Gasteiger partial charge in [0.1, 0.15) is 0 Å². The van der Waals surface area contributed by atoms with Gasteiger partial charge >= 0.3 is 0 Å². The molecular weight excluding hydrogens is 370 g/mol. The summed E-state index contributed by atoms with van der Waals surface area (Å²) in [6, 6.07) is 10.6. The third kappa shape index (κ3) is 4.20. The maximum atomic E-state index is 12.3. The van der Waals surface area contributed by atoms with E-state index < -0.39 is 0 Å². The van der Waals surface area contributed by atoms with Crippen molar-refractivity contribution in [2.24, 2.45) is 0 Å². The Morgan fingerprint density at radius 1 is 1.19 bits per heavy atom. The molecule has 0 saturated carbocycles. The zero-order valence-corrected chi connectivity index (χ0v) is 15.8. The molecule has 3 rings (SSSR count). The summed E-state index contributed by atoms with van der Waals surface area (Å²) in [5, 5.41) is 7.25. The number of ether oxygens (including phenoxy) is 2. The highest BCUT2D eigenvalue weighted by atomic mass is 35.5. The van der Waals surface area contributed by atoms with Gasteiger partial charge in [0.05, 0.1) is 20.6 Å². The molecule has 3 aromatic rings. The number of nitrogens with one attached hydrogen (secondary N) is 1. The summed E-state index contributed by atoms with van der Waals surface area (Å²) in [5.74, 6) is 1.44. The van der Waals surface area contributed by atoms with Crippen molar-refractivity contribution in [1.82, 2.24) is 10.1 Å². The zero-order valence-electron chi connectivity index (χ0n) is 15.1. The van der Waals surface area contributed by atoms with Gasteiger partial charge in [-0.2, -0.15) is 4.98 Å². The summed E-state index contributed by atoms with van der Waals surface area (Å²) in [5.41, 5.74) is 2.11. The van der Waals surface area contributed by atoms with Crippen LogP contribution in [-0.4, -0.2) is 30.3 Å². The summed E-state index contributed by atoms with van der Waals surface area (Å²) in [6.45, 7) is 1.83. The quantitative estimate of drug-likeness (QED) is 0.690. The van der Waals surface area contributed by atoms with E-state index in [0.29, 0.717) is 27.8 Å². The van der Waals surface area contributed by atoms with Crippen molar-refractivity contribution in [3.63, 3.8) is 0 Å². The second kappa shape index (κ2) is 8.09. The van der Waals surface area contributed by atoms with E-state index in [0.717, 1.165) is 5.56 Å². The molecule has 7 nitrogen and oxygen atoms in total. The van der Waals surface area contributed by atoms with Gasteiger partial charge in [0, 0.05) is 16.3 Å². The van der Waals surface area contributed by atoms with Crippen LogP contribution in [0.4, 0.5) is 5.69 Å². The van der Waals surface area contributed by atoms with Crippen LogP contribution in [-0.2, 0) is 11.2 Å². The summed E-state index contributed by atoms with van der Waals surface area (Å²) < 4.78 is 15.7. The maximum Gasteiger partial charge on any atom is 0.258 e. The molecule has 27 heavy (non-hydrogen) atoms. The molecule has 1 amide bonds. The molecule has 1 N–H and O–H groups in total. The van der Waals surface area contributed by atoms with Crippen LogP contribution in [0.15, 0.2) is 40.9 Å². The maximum absolute atomic E-state index is 12.3. The van der Waals surface area contributed by atoms with Crippen LogP contribution in [0.25, 0.3) is 11.5 Å². The fraction of sp³-hybridized carbons (Fsp3) is 0.211. The van der Waals surface area contributed by atoms with Gasteiger partial charge < -0.3 is 19.3 Å². The molecule has 2 aromatic carbocycles. The Morgan fingerprint density at radius 2 is 1.96 bits per heavy atom. The molecule has 1 aromatic heterocycles. The largest absolute Gasteiger partial charge is 0.493 e. The SMILES string of the molecule is COc1ccc(-c2nc(CC(=O)Nc3cccc(Cl)c3C)no2)cc1OC. The first-order chi connectivity index (χ1) is 13.0. The van der Waals surface area contributed by atoms with Gasteiger partial charge in [-0.1, -0.05) is 22.8 Å². The first-order valence-corrected chi connectivity index (χ1v) is 8.49. The number of amides is 1. The molecule has 0 aliphatic carbocycles. The zero-order chi connectivity index (χ0) is 19.4. The van der Waals surface area contributed by atoms with Gasteiger partial charge in [0.2, 0.25) is 5.91 Å². The molecule has 1 heterocycles. The molecule has 0 aliphatic rings. The average molecular weight is 388 g/mol. The van der Waals surface area contributed by atoms with Crippen LogP contribution >= 0.6 is 11.6 Å². The van der Waals surface area contributed by atoms with E-state index in [4.69, 9.17) is 25.6 Å². The number of rotatable bonds is 6. The van der Waals surface area contributed by atoms with E-state index in [1.807, 2.05) is 6.92 Å². The summed E-state index contributed by atoms with van der Waals surface area (Å²) in [7, 11) is 3.10. The second-order valence-corrected chi connectivity index (χ2v) is 6.13. The number of nitrogens with zero attached hydrogens (tertiary/aromatic N) is 2. The molecule has 8 heteroatoms. The van der Waals surface area contributed by atoms with E-state index in [-0.39, 0.29) is 24.0 Å². The lowest BCUT2D eigenvalue weighted by molar-refractivity contribution is -0.115. The lowest BCUT2D eigenvalue weighted by atomic mass is 10.2. The minimum absolute atomic E-state index is 0.0251. The Kier molecular flexibility index (Phi) is 5.61. The number of hydrogen-bond acceptors (Lipinski definition) is 6. The highest BCUT2D eigenvalue weighted by molar-refractivity contribution is 6.31. The van der Waals surface area contributed by atoms with Crippen LogP contribution in [0.1, 0.15) is 11.4 Å². The molecule has 0 bridgehead atoms. The smallest absolute Gasteiger partial charge is 0.258 e. The van der Waals surface area contributed by atoms with Gasteiger partial charge in [-0.25, -0.2) is 0 Å². The Bertz CT molecular complexity index is 971. The van der Waals surface area contributed by atoms with Gasteiger partial charge in [0.25, 0.3) is 5.89 Å². The number of anilines is 1. The fourth-order valence-electron chi connectivity index (χ4n) is 2.49. The molecule has 0 radical (unpaired) electrons. The first-order valence-electron chi connectivity index (χ1n) is 8.11. The van der Waals surface area contributed by atoms with Crippen molar-refractivity contribution >= 4 is 23.2 Å². The Balaban J connectivity index is 1.72. The summed E-state index contributed by atoms with van der Waals surface area (Å²) in [4.78, 5) is 16.5. The van der Waals surface area contributed by atoms with Crippen molar-refractivity contribution < 1.29 is 18.8 Å². The van der Waals surface area contributed by atoms with E-state index in [1.54, 1.807) is 50.6 Å². The van der Waals surface area contributed by atoms with Crippen LogP contribution in [0.5, 0.6) is 11.5 Å². The third-order valence-corrected chi connectivity index (χ3v) is 4.37. The molecule has 0 saturated heterocycles. The normalized spacial score (nSPS) is 10.5. The standard InChI is InChI=1S/C19H18ClN3O4/c1-11-13(20)5-4-6-14(11)21-18(24)10-17-22-19(27-23-17)12-7-8-15(25-2)16(9-12)26-3/h4-9H,10H2,1-3H3,(H,21,24). The molecule has 0 spiro atoms. The van der Waals surface area contributed by atoms with E-state index in [9.17, 15) is 4.79 Å². The van der Waals surface area contributed by atoms with E-state index >= 15 is 0 Å². The minimum atomic E-state index is -0.264. The predicted molar refractivity (Wildman–Crippen MR) is 101 cm³/mol. The number of hydrogen-bond donors (Lipinski definition) is 1. The molecular formula is C19H18ClN3O4. The topological polar surface area (TPSA) is 86.5 Å². The lowest BCUT2D eigenvalue weighted by Gasteiger charge is -2.08. The van der Waals surface area contributed by atoms with Crippen LogP contribution < -0.4 is 14.8 Å². The fourth-order valence-corrected chi connectivity index (χ4v) is 2.67. The summed E-state index contributed by atoms with van der Waals surface area (Å²) >= 11 is 6.06. The molecule has 0 atom stereocenters. The lowest BCUT2D eigenvalue weighted by Crippen LogP contribution is -2.16. The molecule has 0 unspecified atom stereocenters. The van der Waals surface area contributed by atoms with Crippen molar-refractivity contribution in [3.05, 3.63) is 52.8 Å². The van der Waals surface area contributed by atoms with Crippen molar-refractivity contribution in [1.29, 1.82) is 0 Å². The third-order valence-electron chi connectivity index (χ3n) is 3.96. The number of carbonyl (C=O) groups excluding carboxylic acids is 1. The molecule has 140 valence electrons. The number of halogens is 1. The Hall–Kier alpha value is -3.06. The van der Waals surface area contributed by atoms with Gasteiger partial charge in [0.15, 0.2) is 17.3 Å². The first kappa shape index (κ1) is 18.7. The summed E-state index contributed by atoms with van der Waals surface area (Å²) in [6.07, 6.45) is -0.0251. The highest BCUT2D eigenvalue weighted by Crippen LogP contribution is 2.31. The number of methoxy groups -OCH3 is 2. The monoisotopic (exact) mass is 387 g/mol. The Morgan fingerprint density at radius 3 is 2.70 bits per heavy atom. The minimum Gasteiger partial charge on any atom is -0.493 e. The van der Waals surface area contributed by atoms with Gasteiger partial charge in [-0.05, 0) is 42.8 Å². The number of carbonyl (C=O) groups is 1. The number of benzene rings is 2. The van der Waals surface area contributed by atoms with Crippen LogP contribution in [0.2, 0.25) is 5.02 Å². The predicted octanol–water partition coefficient (Wildman–Crippen LogP) is 3.90. The number of aromatic nitrogens is 2. The molecule has 0 fully saturated rings. The second-order valence-electron chi connectivity index (χ2n) is 5.72. The van der Waals surface area contributed by atoms with Crippen molar-refractivity contribution in [2.75, 3.05) is 19.5 Å². The van der Waals surface area contributed by atoms with E-state index in [1.165, 1.54) is 0 Å². The van der Waals surface area contributed by atoms with Crippen molar-refractivity contribution in [3.8, 4) is 23.0 Å². The van der Waals surface area contributed by atoms with Crippen LogP contribution in [0.3, 0.4) is 0 Å². The average Bonchev–Trinajstić information content (AvgIpc) is 3.13. The van der Waals surface area contributed by atoms with Gasteiger partial charge in [-0.15, -0.1) is 0 Å². The highest BCUT2D eigenvalue weighted by Gasteiger charge is 2.15. The van der Waals surface area contributed by atoms with Gasteiger partial charge in [-0.3, -0.25) is 4.79 Å². The Labute approximate surface area is 161 Å². The van der Waals surface area contributed by atoms with Crippen molar-refractivity contribution in [2.45, 2.75) is 13.3 Å². The van der Waals surface area contributed by atoms with E-state index in [2.05, 4.69) is 15.5 Å².